The highest BCUT2D eigenvalue weighted by atomic mass is 14.9. The Bertz CT molecular complexity index is 310. The van der Waals surface area contributed by atoms with Crippen LogP contribution in [0.4, 0.5) is 0 Å². The number of aliphatic imine (C=N–C) groups is 2. The molecule has 16 heavy (non-hydrogen) atoms. The lowest BCUT2D eigenvalue weighted by atomic mass is 9.88. The summed E-state index contributed by atoms with van der Waals surface area (Å²) in [4.78, 5) is 7.84. The summed E-state index contributed by atoms with van der Waals surface area (Å²) in [5.41, 5.74) is 11.0. The van der Waals surface area contributed by atoms with Crippen molar-refractivity contribution in [2.75, 3.05) is 0 Å². The molecule has 1 aliphatic carbocycles. The van der Waals surface area contributed by atoms with Gasteiger partial charge in [0.25, 0.3) is 0 Å². The van der Waals surface area contributed by atoms with E-state index in [0.29, 0.717) is 17.5 Å². The topological polar surface area (TPSA) is 101 Å². The zero-order valence-electron chi connectivity index (χ0n) is 9.39. The zero-order valence-corrected chi connectivity index (χ0v) is 9.39. The zero-order chi connectivity index (χ0) is 11.8. The smallest absolute Gasteiger partial charge is 0.125 e. The Hall–Kier alpha value is -1.65. The van der Waals surface area contributed by atoms with Gasteiger partial charge in [0.05, 0.1) is 11.9 Å². The van der Waals surface area contributed by atoms with Gasteiger partial charge in [0.1, 0.15) is 12.2 Å². The number of nitrogens with two attached hydrogens (primary N) is 2. The maximum atomic E-state index is 7.77. The number of amidine groups is 1. The Labute approximate surface area is 95.8 Å². The first-order valence-corrected chi connectivity index (χ1v) is 5.55. The Balaban J connectivity index is 2.38. The predicted molar refractivity (Wildman–Crippen MR) is 67.7 cm³/mol. The molecule has 0 amide bonds. The van der Waals surface area contributed by atoms with Gasteiger partial charge >= 0.3 is 0 Å². The van der Waals surface area contributed by atoms with Gasteiger partial charge in [-0.25, -0.2) is 9.98 Å². The molecule has 1 fully saturated rings. The summed E-state index contributed by atoms with van der Waals surface area (Å²) < 4.78 is 0. The van der Waals surface area contributed by atoms with Gasteiger partial charge in [-0.05, 0) is 12.8 Å². The molecule has 1 saturated carbocycles. The third-order valence-electron chi connectivity index (χ3n) is 2.67. The molecular formula is C11H19N5. The number of hydrogen-bond acceptors (Lipinski definition) is 3. The standard InChI is InChI=1S/C11H19N5/c12-6-10(13)7-15-8-16-11(14)9-4-2-1-3-5-9/h6-9,14H,1-5,12-13H2. The average Bonchev–Trinajstić information content (AvgIpc) is 2.35. The van der Waals surface area contributed by atoms with Gasteiger partial charge in [-0.15, -0.1) is 0 Å². The third-order valence-corrected chi connectivity index (χ3v) is 2.67. The summed E-state index contributed by atoms with van der Waals surface area (Å²) in [5, 5.41) is 7.77. The lowest BCUT2D eigenvalue weighted by Crippen LogP contribution is -2.15. The van der Waals surface area contributed by atoms with Crippen LogP contribution in [0.2, 0.25) is 0 Å². The fourth-order valence-electron chi connectivity index (χ4n) is 1.74. The summed E-state index contributed by atoms with van der Waals surface area (Å²) in [6, 6.07) is 0. The van der Waals surface area contributed by atoms with E-state index in [4.69, 9.17) is 16.9 Å². The molecule has 0 aromatic carbocycles. The molecule has 0 bridgehead atoms. The van der Waals surface area contributed by atoms with Crippen LogP contribution in [0, 0.1) is 11.3 Å². The van der Waals surface area contributed by atoms with Crippen LogP contribution in [0.1, 0.15) is 32.1 Å². The fraction of sp³-hybridized carbons (Fsp3) is 0.545. The Morgan fingerprint density at radius 1 is 1.25 bits per heavy atom. The Morgan fingerprint density at radius 2 is 1.94 bits per heavy atom. The van der Waals surface area contributed by atoms with E-state index in [1.807, 2.05) is 0 Å². The number of nitrogens with one attached hydrogen (secondary N) is 1. The second-order valence-corrected chi connectivity index (χ2v) is 3.91. The molecule has 5 heteroatoms. The molecule has 88 valence electrons. The first-order chi connectivity index (χ1) is 7.74. The highest BCUT2D eigenvalue weighted by Gasteiger charge is 2.16. The molecule has 0 aliphatic heterocycles. The molecule has 0 aromatic heterocycles. The maximum Gasteiger partial charge on any atom is 0.125 e. The van der Waals surface area contributed by atoms with Gasteiger partial charge in [-0.1, -0.05) is 19.3 Å². The molecule has 1 aliphatic rings. The van der Waals surface area contributed by atoms with E-state index < -0.39 is 0 Å². The average molecular weight is 221 g/mol. The van der Waals surface area contributed by atoms with E-state index in [0.717, 1.165) is 12.8 Å². The van der Waals surface area contributed by atoms with Gasteiger partial charge < -0.3 is 11.5 Å². The van der Waals surface area contributed by atoms with Crippen molar-refractivity contribution in [3.63, 3.8) is 0 Å². The summed E-state index contributed by atoms with van der Waals surface area (Å²) in [6.45, 7) is 0. The lowest BCUT2D eigenvalue weighted by Gasteiger charge is -2.19. The van der Waals surface area contributed by atoms with E-state index >= 15 is 0 Å². The van der Waals surface area contributed by atoms with Crippen LogP contribution in [0.25, 0.3) is 0 Å². The minimum atomic E-state index is 0.308. The van der Waals surface area contributed by atoms with E-state index in [1.165, 1.54) is 38.0 Å². The first kappa shape index (κ1) is 12.4. The van der Waals surface area contributed by atoms with Crippen molar-refractivity contribution in [2.45, 2.75) is 32.1 Å². The van der Waals surface area contributed by atoms with Gasteiger partial charge in [0, 0.05) is 12.1 Å². The van der Waals surface area contributed by atoms with Crippen molar-refractivity contribution in [1.82, 2.24) is 0 Å². The maximum absolute atomic E-state index is 7.77. The molecule has 0 unspecified atom stereocenters. The molecule has 0 atom stereocenters. The van der Waals surface area contributed by atoms with E-state index in [-0.39, 0.29) is 0 Å². The van der Waals surface area contributed by atoms with Crippen molar-refractivity contribution >= 4 is 18.4 Å². The van der Waals surface area contributed by atoms with E-state index in [2.05, 4.69) is 9.98 Å². The van der Waals surface area contributed by atoms with Crippen LogP contribution in [-0.4, -0.2) is 18.4 Å². The summed E-state index contributed by atoms with van der Waals surface area (Å²) in [7, 11) is 0. The number of allylic oxidation sites excluding steroid dienone is 1. The van der Waals surface area contributed by atoms with Crippen molar-refractivity contribution in [3.05, 3.63) is 11.9 Å². The SMILES string of the molecule is N=C(N=CN=CC(N)=CN)C1CCCCC1. The predicted octanol–water partition coefficient (Wildman–Crippen LogP) is 1.40. The van der Waals surface area contributed by atoms with Crippen LogP contribution < -0.4 is 11.5 Å². The highest BCUT2D eigenvalue weighted by Crippen LogP contribution is 2.24. The summed E-state index contributed by atoms with van der Waals surface area (Å²) >= 11 is 0. The summed E-state index contributed by atoms with van der Waals surface area (Å²) in [6.07, 6.45) is 9.87. The summed E-state index contributed by atoms with van der Waals surface area (Å²) in [5.74, 6) is 0.731. The number of nitrogens with zero attached hydrogens (tertiary/aromatic N) is 2. The lowest BCUT2D eigenvalue weighted by molar-refractivity contribution is 0.436. The Kier molecular flexibility index (Phi) is 5.25. The van der Waals surface area contributed by atoms with Crippen molar-refractivity contribution < 1.29 is 0 Å². The van der Waals surface area contributed by atoms with Crippen LogP contribution in [-0.2, 0) is 0 Å². The molecule has 0 aromatic rings. The van der Waals surface area contributed by atoms with Crippen LogP contribution in [0.5, 0.6) is 0 Å². The minimum absolute atomic E-state index is 0.308. The van der Waals surface area contributed by atoms with Crippen molar-refractivity contribution in [3.8, 4) is 0 Å². The van der Waals surface area contributed by atoms with Crippen LogP contribution in [0.3, 0.4) is 0 Å². The number of hydrogen-bond donors (Lipinski definition) is 3. The monoisotopic (exact) mass is 221 g/mol. The van der Waals surface area contributed by atoms with Crippen LogP contribution >= 0.6 is 0 Å². The van der Waals surface area contributed by atoms with Crippen molar-refractivity contribution in [1.29, 1.82) is 5.41 Å². The third kappa shape index (κ3) is 4.25. The molecule has 0 heterocycles. The second-order valence-electron chi connectivity index (χ2n) is 3.91. The fourth-order valence-corrected chi connectivity index (χ4v) is 1.74. The highest BCUT2D eigenvalue weighted by molar-refractivity contribution is 5.92. The molecule has 1 rings (SSSR count). The van der Waals surface area contributed by atoms with Gasteiger partial charge in [0.15, 0.2) is 0 Å². The molecule has 0 spiro atoms. The van der Waals surface area contributed by atoms with Crippen LogP contribution in [0.15, 0.2) is 21.9 Å². The minimum Gasteiger partial charge on any atom is -0.403 e. The van der Waals surface area contributed by atoms with E-state index in [1.54, 1.807) is 0 Å². The molecule has 5 nitrogen and oxygen atoms in total. The van der Waals surface area contributed by atoms with E-state index in [9.17, 15) is 0 Å². The molecule has 0 radical (unpaired) electrons. The normalized spacial score (nSPS) is 19.6. The molecule has 0 saturated heterocycles. The second kappa shape index (κ2) is 6.76. The number of rotatable bonds is 3. The molecular weight excluding hydrogens is 202 g/mol. The molecule has 5 N–H and O–H groups in total. The quantitative estimate of drug-likeness (QED) is 0.495. The largest absolute Gasteiger partial charge is 0.403 e. The first-order valence-electron chi connectivity index (χ1n) is 5.55. The van der Waals surface area contributed by atoms with Gasteiger partial charge in [-0.2, -0.15) is 0 Å². The Morgan fingerprint density at radius 3 is 2.56 bits per heavy atom. The van der Waals surface area contributed by atoms with Gasteiger partial charge in [0.2, 0.25) is 0 Å². The van der Waals surface area contributed by atoms with Crippen molar-refractivity contribution in [2.24, 2.45) is 27.4 Å². The van der Waals surface area contributed by atoms with Gasteiger partial charge in [-0.3, -0.25) is 5.41 Å².